The van der Waals surface area contributed by atoms with Crippen LogP contribution in [-0.2, 0) is 0 Å². The average Bonchev–Trinajstić information content (AvgIpc) is 3.16. The van der Waals surface area contributed by atoms with Crippen LogP contribution in [0.15, 0.2) is 186 Å². The summed E-state index contributed by atoms with van der Waals surface area (Å²) in [4.78, 5) is 2.30. The number of nitrogens with zero attached hydrogens (tertiary/aromatic N) is 1. The number of rotatable bonds is 7. The van der Waals surface area contributed by atoms with Gasteiger partial charge in [-0.2, -0.15) is 0 Å². The monoisotopic (exact) mass is 705 g/mol. The molecular formula is C48H36BrN. The van der Waals surface area contributed by atoms with Crippen LogP contribution in [0.1, 0.15) is 11.1 Å². The van der Waals surface area contributed by atoms with Gasteiger partial charge in [-0.1, -0.05) is 137 Å². The third-order valence-corrected chi connectivity index (χ3v) is 10.2. The van der Waals surface area contributed by atoms with Crippen LogP contribution >= 0.6 is 15.9 Å². The molecule has 0 aromatic heterocycles. The lowest BCUT2D eigenvalue weighted by Crippen LogP contribution is -2.09. The second-order valence-corrected chi connectivity index (χ2v) is 13.7. The summed E-state index contributed by atoms with van der Waals surface area (Å²) in [5.74, 6) is 0. The predicted molar refractivity (Wildman–Crippen MR) is 218 cm³/mol. The lowest BCUT2D eigenvalue weighted by Gasteiger charge is -2.26. The molecule has 0 atom stereocenters. The van der Waals surface area contributed by atoms with Gasteiger partial charge in [0.2, 0.25) is 0 Å². The highest BCUT2D eigenvalue weighted by atomic mass is 79.9. The van der Waals surface area contributed by atoms with E-state index in [1.807, 2.05) is 0 Å². The molecule has 0 saturated heterocycles. The lowest BCUT2D eigenvalue weighted by molar-refractivity contribution is 1.28. The van der Waals surface area contributed by atoms with E-state index in [1.54, 1.807) is 0 Å². The smallest absolute Gasteiger partial charge is 0.0462 e. The maximum atomic E-state index is 3.61. The van der Waals surface area contributed by atoms with Gasteiger partial charge < -0.3 is 4.90 Å². The SMILES string of the molecule is Cc1ccccc1-c1cccc(-c2ccccc2-c2cc3ccccc3cc2-c2ccc(N(c3ccccc3)c3ccc(Br)cc3)cc2)c1C. The van der Waals surface area contributed by atoms with Gasteiger partial charge in [0.05, 0.1) is 0 Å². The Balaban J connectivity index is 1.28. The molecule has 1 nitrogen and oxygen atoms in total. The van der Waals surface area contributed by atoms with E-state index in [-0.39, 0.29) is 0 Å². The topological polar surface area (TPSA) is 3.24 Å². The van der Waals surface area contributed by atoms with Crippen molar-refractivity contribution in [2.75, 3.05) is 4.90 Å². The van der Waals surface area contributed by atoms with Gasteiger partial charge in [0.15, 0.2) is 0 Å². The molecule has 0 radical (unpaired) electrons. The summed E-state index contributed by atoms with van der Waals surface area (Å²) >= 11 is 3.61. The van der Waals surface area contributed by atoms with Crippen molar-refractivity contribution in [2.45, 2.75) is 13.8 Å². The summed E-state index contributed by atoms with van der Waals surface area (Å²) in [5, 5.41) is 2.46. The fourth-order valence-corrected chi connectivity index (χ4v) is 7.42. The third kappa shape index (κ3) is 6.04. The molecule has 8 rings (SSSR count). The molecular weight excluding hydrogens is 670 g/mol. The zero-order chi connectivity index (χ0) is 34.0. The molecule has 8 aromatic rings. The predicted octanol–water partition coefficient (Wildman–Crippen LogP) is 14.4. The van der Waals surface area contributed by atoms with Crippen molar-refractivity contribution in [1.82, 2.24) is 0 Å². The van der Waals surface area contributed by atoms with Gasteiger partial charge in [-0.05, 0) is 141 Å². The fraction of sp³-hybridized carbons (Fsp3) is 0.0417. The maximum absolute atomic E-state index is 3.61. The number of halogens is 1. The second-order valence-electron chi connectivity index (χ2n) is 12.8. The van der Waals surface area contributed by atoms with Gasteiger partial charge >= 0.3 is 0 Å². The fourth-order valence-electron chi connectivity index (χ4n) is 7.15. The molecule has 0 saturated carbocycles. The number of hydrogen-bond acceptors (Lipinski definition) is 1. The Morgan fingerprint density at radius 3 is 1.46 bits per heavy atom. The van der Waals surface area contributed by atoms with Crippen molar-refractivity contribution in [3.05, 3.63) is 198 Å². The molecule has 0 bridgehead atoms. The quantitative estimate of drug-likeness (QED) is 0.159. The van der Waals surface area contributed by atoms with Crippen LogP contribution in [0.25, 0.3) is 55.3 Å². The Bertz CT molecular complexity index is 2440. The molecule has 50 heavy (non-hydrogen) atoms. The zero-order valence-electron chi connectivity index (χ0n) is 28.1. The first-order valence-corrected chi connectivity index (χ1v) is 17.8. The largest absolute Gasteiger partial charge is 0.311 e. The van der Waals surface area contributed by atoms with Crippen molar-refractivity contribution >= 4 is 43.8 Å². The maximum Gasteiger partial charge on any atom is 0.0462 e. The van der Waals surface area contributed by atoms with Crippen molar-refractivity contribution in [3.63, 3.8) is 0 Å². The van der Waals surface area contributed by atoms with Crippen LogP contribution in [0, 0.1) is 13.8 Å². The summed E-state index contributed by atoms with van der Waals surface area (Å²) in [6, 6.07) is 65.7. The number of aryl methyl sites for hydroxylation is 1. The van der Waals surface area contributed by atoms with Gasteiger partial charge in [-0.25, -0.2) is 0 Å². The summed E-state index contributed by atoms with van der Waals surface area (Å²) in [6.07, 6.45) is 0. The highest BCUT2D eigenvalue weighted by Gasteiger charge is 2.18. The number of anilines is 3. The molecule has 8 aromatic carbocycles. The lowest BCUT2D eigenvalue weighted by atomic mass is 9.85. The highest BCUT2D eigenvalue weighted by Crippen LogP contribution is 2.44. The summed E-state index contributed by atoms with van der Waals surface area (Å²) in [5.41, 5.74) is 15.8. The number of fused-ring (bicyclic) bond motifs is 1. The zero-order valence-corrected chi connectivity index (χ0v) is 29.7. The third-order valence-electron chi connectivity index (χ3n) is 9.70. The summed E-state index contributed by atoms with van der Waals surface area (Å²) in [6.45, 7) is 4.46. The van der Waals surface area contributed by atoms with E-state index in [1.165, 1.54) is 66.4 Å². The van der Waals surface area contributed by atoms with Crippen molar-refractivity contribution in [2.24, 2.45) is 0 Å². The van der Waals surface area contributed by atoms with E-state index in [9.17, 15) is 0 Å². The minimum absolute atomic E-state index is 1.06. The van der Waals surface area contributed by atoms with Crippen LogP contribution in [0.4, 0.5) is 17.1 Å². The molecule has 2 heteroatoms. The Labute approximate surface area is 303 Å². The molecule has 240 valence electrons. The Morgan fingerprint density at radius 1 is 0.360 bits per heavy atom. The Kier molecular flexibility index (Phi) is 8.62. The van der Waals surface area contributed by atoms with Gasteiger partial charge in [-0.3, -0.25) is 0 Å². The highest BCUT2D eigenvalue weighted by molar-refractivity contribution is 9.10. The Morgan fingerprint density at radius 2 is 0.820 bits per heavy atom. The minimum Gasteiger partial charge on any atom is -0.311 e. The van der Waals surface area contributed by atoms with Gasteiger partial charge in [0.25, 0.3) is 0 Å². The van der Waals surface area contributed by atoms with Crippen LogP contribution in [0.2, 0.25) is 0 Å². The molecule has 0 spiro atoms. The van der Waals surface area contributed by atoms with Gasteiger partial charge in [0.1, 0.15) is 0 Å². The first-order valence-electron chi connectivity index (χ1n) is 17.0. The number of para-hydroxylation sites is 1. The molecule has 0 fully saturated rings. The molecule has 0 aliphatic rings. The van der Waals surface area contributed by atoms with Crippen molar-refractivity contribution < 1.29 is 0 Å². The van der Waals surface area contributed by atoms with Crippen LogP contribution in [0.5, 0.6) is 0 Å². The molecule has 0 aliphatic carbocycles. The Hall–Kier alpha value is -5.70. The molecule has 0 aliphatic heterocycles. The summed E-state index contributed by atoms with van der Waals surface area (Å²) < 4.78 is 1.06. The van der Waals surface area contributed by atoms with Crippen LogP contribution in [-0.4, -0.2) is 0 Å². The normalized spacial score (nSPS) is 11.1. The second kappa shape index (κ2) is 13.7. The molecule has 0 heterocycles. The number of hydrogen-bond donors (Lipinski definition) is 0. The minimum atomic E-state index is 1.06. The molecule has 0 N–H and O–H groups in total. The standard InChI is InChI=1S/C48H36BrN/c1-33-13-6-9-18-42(33)43-21-12-22-44(34(43)2)45-19-10-11-20-46(45)48-32-37-15-8-7-14-36(37)31-47(48)35-23-27-40(28-24-35)50(39-16-4-3-5-17-39)41-29-25-38(49)26-30-41/h3-32H,1-2H3. The summed E-state index contributed by atoms with van der Waals surface area (Å²) in [7, 11) is 0. The number of benzene rings is 8. The van der Waals surface area contributed by atoms with E-state index in [4.69, 9.17) is 0 Å². The van der Waals surface area contributed by atoms with Gasteiger partial charge in [0, 0.05) is 21.5 Å². The van der Waals surface area contributed by atoms with E-state index in [0.29, 0.717) is 0 Å². The van der Waals surface area contributed by atoms with Crippen LogP contribution < -0.4 is 4.90 Å². The molecule has 0 unspecified atom stereocenters. The van der Waals surface area contributed by atoms with Gasteiger partial charge in [-0.15, -0.1) is 0 Å². The van der Waals surface area contributed by atoms with E-state index in [2.05, 4.69) is 217 Å². The van der Waals surface area contributed by atoms with Crippen LogP contribution in [0.3, 0.4) is 0 Å². The average molecular weight is 707 g/mol. The first kappa shape index (κ1) is 31.6. The molecule has 0 amide bonds. The van der Waals surface area contributed by atoms with E-state index >= 15 is 0 Å². The van der Waals surface area contributed by atoms with Crippen molar-refractivity contribution in [3.8, 4) is 44.5 Å². The van der Waals surface area contributed by atoms with E-state index < -0.39 is 0 Å². The van der Waals surface area contributed by atoms with Crippen molar-refractivity contribution in [1.29, 1.82) is 0 Å². The first-order chi connectivity index (χ1) is 24.5. The van der Waals surface area contributed by atoms with E-state index in [0.717, 1.165) is 21.5 Å².